The quantitative estimate of drug-likeness (QED) is 0.914. The summed E-state index contributed by atoms with van der Waals surface area (Å²) in [5, 5.41) is 10.1. The van der Waals surface area contributed by atoms with E-state index < -0.39 is 11.3 Å². The molecule has 3 nitrogen and oxygen atoms in total. The second-order valence-corrected chi connectivity index (χ2v) is 6.03. The van der Waals surface area contributed by atoms with Crippen molar-refractivity contribution in [1.29, 1.82) is 0 Å². The number of halogens is 1. The van der Waals surface area contributed by atoms with Gasteiger partial charge in [0.25, 0.3) is 0 Å². The maximum atomic E-state index is 14.2. The maximum absolute atomic E-state index is 14.2. The fourth-order valence-electron chi connectivity index (χ4n) is 2.38. The predicted molar refractivity (Wildman–Crippen MR) is 69.5 cm³/mol. The van der Waals surface area contributed by atoms with Crippen LogP contribution in [0.2, 0.25) is 0 Å². The molecule has 0 unspecified atom stereocenters. The van der Waals surface area contributed by atoms with Gasteiger partial charge >= 0.3 is 0 Å². The van der Waals surface area contributed by atoms with Crippen molar-refractivity contribution in [2.24, 2.45) is 0 Å². The zero-order valence-electron chi connectivity index (χ0n) is 11.3. The highest BCUT2D eigenvalue weighted by Gasteiger charge is 2.41. The lowest BCUT2D eigenvalue weighted by atomic mass is 9.94. The van der Waals surface area contributed by atoms with E-state index in [4.69, 9.17) is 9.47 Å². The summed E-state index contributed by atoms with van der Waals surface area (Å²) in [6, 6.07) is 3.50. The zero-order chi connectivity index (χ0) is 13.7. The maximum Gasteiger partial charge on any atom is 0.164 e. The molecule has 19 heavy (non-hydrogen) atoms. The third kappa shape index (κ3) is 2.54. The van der Waals surface area contributed by atoms with E-state index in [0.717, 1.165) is 18.4 Å². The van der Waals surface area contributed by atoms with Crippen molar-refractivity contribution in [1.82, 2.24) is 0 Å². The summed E-state index contributed by atoms with van der Waals surface area (Å²) in [5.74, 6) is 1.26. The van der Waals surface area contributed by atoms with Crippen LogP contribution in [0.3, 0.4) is 0 Å². The van der Waals surface area contributed by atoms with Crippen molar-refractivity contribution >= 4 is 0 Å². The lowest BCUT2D eigenvalue weighted by Gasteiger charge is -2.25. The molecule has 0 spiro atoms. The van der Waals surface area contributed by atoms with E-state index in [0.29, 0.717) is 36.7 Å². The van der Waals surface area contributed by atoms with Crippen LogP contribution in [0.15, 0.2) is 12.1 Å². The number of benzene rings is 1. The molecule has 1 aromatic rings. The molecule has 1 aliphatic carbocycles. The van der Waals surface area contributed by atoms with Crippen molar-refractivity contribution in [2.45, 2.75) is 44.4 Å². The molecular weight excluding hydrogens is 247 g/mol. The average Bonchev–Trinajstić information content (AvgIpc) is 3.05. The molecule has 0 radical (unpaired) electrons. The Hall–Kier alpha value is -1.29. The molecule has 0 aromatic heterocycles. The monoisotopic (exact) mass is 266 g/mol. The Labute approximate surface area is 112 Å². The molecule has 0 saturated heterocycles. The number of alkyl halides is 1. The summed E-state index contributed by atoms with van der Waals surface area (Å²) in [4.78, 5) is 0. The van der Waals surface area contributed by atoms with Gasteiger partial charge in [0.2, 0.25) is 0 Å². The van der Waals surface area contributed by atoms with E-state index in [1.54, 1.807) is 12.1 Å². The summed E-state index contributed by atoms with van der Waals surface area (Å²) in [6.07, 6.45) is 2.10. The minimum atomic E-state index is -1.43. The molecular formula is C15H19FO3. The molecule has 1 heterocycles. The van der Waals surface area contributed by atoms with Crippen LogP contribution in [0.4, 0.5) is 4.39 Å². The first kappa shape index (κ1) is 12.7. The first-order valence-electron chi connectivity index (χ1n) is 6.72. The van der Waals surface area contributed by atoms with Crippen LogP contribution in [0.25, 0.3) is 0 Å². The van der Waals surface area contributed by atoms with E-state index in [1.807, 2.05) is 0 Å². The Morgan fingerprint density at radius 3 is 2.58 bits per heavy atom. The highest BCUT2D eigenvalue weighted by molar-refractivity contribution is 5.52. The molecule has 104 valence electrons. The second-order valence-electron chi connectivity index (χ2n) is 6.03. The summed E-state index contributed by atoms with van der Waals surface area (Å²) >= 11 is 0. The predicted octanol–water partition coefficient (Wildman–Crippen LogP) is 2.73. The Bertz CT molecular complexity index is 501. The Morgan fingerprint density at radius 2 is 1.95 bits per heavy atom. The summed E-state index contributed by atoms with van der Waals surface area (Å²) < 4.78 is 25.4. The molecule has 2 aliphatic rings. The SMILES string of the molecule is CC(C)(F)c1cc(CC2(O)CC2)c2c(c1)OCCO2. The summed E-state index contributed by atoms with van der Waals surface area (Å²) in [7, 11) is 0. The molecule has 1 aromatic carbocycles. The van der Waals surface area contributed by atoms with E-state index >= 15 is 0 Å². The van der Waals surface area contributed by atoms with Gasteiger partial charge in [-0.25, -0.2) is 4.39 Å². The molecule has 1 fully saturated rings. The van der Waals surface area contributed by atoms with Crippen molar-refractivity contribution in [2.75, 3.05) is 13.2 Å². The van der Waals surface area contributed by atoms with Gasteiger partial charge in [-0.1, -0.05) is 0 Å². The topological polar surface area (TPSA) is 38.7 Å². The van der Waals surface area contributed by atoms with Crippen molar-refractivity contribution in [3.8, 4) is 11.5 Å². The number of hydrogen-bond acceptors (Lipinski definition) is 3. The summed E-state index contributed by atoms with van der Waals surface area (Å²) in [5.41, 5.74) is -0.654. The minimum absolute atomic E-state index is 0.479. The first-order chi connectivity index (χ1) is 8.87. The van der Waals surface area contributed by atoms with Crippen molar-refractivity contribution < 1.29 is 19.0 Å². The lowest BCUT2D eigenvalue weighted by molar-refractivity contribution is 0.142. The third-order valence-corrected chi connectivity index (χ3v) is 3.75. The largest absolute Gasteiger partial charge is 0.486 e. The van der Waals surface area contributed by atoms with E-state index in [9.17, 15) is 9.50 Å². The fraction of sp³-hybridized carbons (Fsp3) is 0.600. The Balaban J connectivity index is 2.03. The van der Waals surface area contributed by atoms with Gasteiger partial charge in [-0.05, 0) is 44.4 Å². The van der Waals surface area contributed by atoms with Crippen LogP contribution in [-0.4, -0.2) is 23.9 Å². The van der Waals surface area contributed by atoms with Crippen LogP contribution in [0.1, 0.15) is 37.8 Å². The third-order valence-electron chi connectivity index (χ3n) is 3.75. The van der Waals surface area contributed by atoms with Crippen LogP contribution < -0.4 is 9.47 Å². The fourth-order valence-corrected chi connectivity index (χ4v) is 2.38. The molecule has 1 N–H and O–H groups in total. The molecule has 3 rings (SSSR count). The molecule has 1 aliphatic heterocycles. The lowest BCUT2D eigenvalue weighted by Crippen LogP contribution is -2.21. The van der Waals surface area contributed by atoms with Gasteiger partial charge in [0.05, 0.1) is 5.60 Å². The Kier molecular flexibility index (Phi) is 2.75. The van der Waals surface area contributed by atoms with Crippen molar-refractivity contribution in [3.05, 3.63) is 23.3 Å². The van der Waals surface area contributed by atoms with Gasteiger partial charge in [-0.15, -0.1) is 0 Å². The molecule has 0 amide bonds. The first-order valence-corrected chi connectivity index (χ1v) is 6.72. The number of ether oxygens (including phenoxy) is 2. The van der Waals surface area contributed by atoms with Gasteiger partial charge in [-0.3, -0.25) is 0 Å². The number of rotatable bonds is 3. The zero-order valence-corrected chi connectivity index (χ0v) is 11.3. The normalized spacial score (nSPS) is 20.2. The molecule has 0 bridgehead atoms. The van der Waals surface area contributed by atoms with E-state index in [2.05, 4.69) is 0 Å². The number of aliphatic hydroxyl groups is 1. The average molecular weight is 266 g/mol. The number of hydrogen-bond donors (Lipinski definition) is 1. The van der Waals surface area contributed by atoms with Gasteiger partial charge in [0.15, 0.2) is 11.5 Å². The van der Waals surface area contributed by atoms with Crippen LogP contribution in [0.5, 0.6) is 11.5 Å². The smallest absolute Gasteiger partial charge is 0.164 e. The minimum Gasteiger partial charge on any atom is -0.486 e. The van der Waals surface area contributed by atoms with Gasteiger partial charge in [0.1, 0.15) is 18.9 Å². The van der Waals surface area contributed by atoms with Crippen LogP contribution in [0, 0.1) is 0 Å². The van der Waals surface area contributed by atoms with Gasteiger partial charge < -0.3 is 14.6 Å². The van der Waals surface area contributed by atoms with Gasteiger partial charge in [-0.2, -0.15) is 0 Å². The summed E-state index contributed by atoms with van der Waals surface area (Å²) in [6.45, 7) is 4.02. The number of fused-ring (bicyclic) bond motifs is 1. The standard InChI is InChI=1S/C15H19FO3/c1-14(2,16)11-7-10(9-15(17)3-4-15)13-12(8-11)18-5-6-19-13/h7-8,17H,3-6,9H2,1-2H3. The molecule has 1 saturated carbocycles. The molecule has 0 atom stereocenters. The van der Waals surface area contributed by atoms with E-state index in [-0.39, 0.29) is 0 Å². The van der Waals surface area contributed by atoms with Gasteiger partial charge in [0, 0.05) is 12.0 Å². The highest BCUT2D eigenvalue weighted by atomic mass is 19.1. The molecule has 4 heteroatoms. The van der Waals surface area contributed by atoms with Crippen LogP contribution in [-0.2, 0) is 12.1 Å². The second kappa shape index (κ2) is 4.10. The van der Waals surface area contributed by atoms with E-state index in [1.165, 1.54) is 13.8 Å². The highest BCUT2D eigenvalue weighted by Crippen LogP contribution is 2.45. The van der Waals surface area contributed by atoms with Crippen molar-refractivity contribution in [3.63, 3.8) is 0 Å². The Morgan fingerprint density at radius 1 is 1.26 bits per heavy atom. The van der Waals surface area contributed by atoms with Crippen LogP contribution >= 0.6 is 0 Å².